The molecule has 0 saturated heterocycles. The number of carbonyl (C=O) groups excluding carboxylic acids is 1. The topological polar surface area (TPSA) is 50.4 Å². The van der Waals surface area contributed by atoms with Gasteiger partial charge in [-0.3, -0.25) is 0 Å². The second kappa shape index (κ2) is 4.25. The van der Waals surface area contributed by atoms with Gasteiger partial charge in [-0.05, 0) is 26.1 Å². The number of thiocarbonyl (C=S) groups is 1. The normalized spacial score (nSPS) is 10.3. The van der Waals surface area contributed by atoms with E-state index in [4.69, 9.17) is 12.2 Å². The Kier molecular flexibility index (Phi) is 3.95. The summed E-state index contributed by atoms with van der Waals surface area (Å²) in [6, 6.07) is 0. The predicted octanol–water partition coefficient (Wildman–Crippen LogP) is 0.0319. The lowest BCUT2D eigenvalue weighted by Crippen LogP contribution is -2.52. The van der Waals surface area contributed by atoms with E-state index >= 15 is 0 Å². The quantitative estimate of drug-likeness (QED) is 0.475. The number of esters is 1. The summed E-state index contributed by atoms with van der Waals surface area (Å²) in [4.78, 5) is 11.1. The highest BCUT2D eigenvalue weighted by Gasteiger charge is 2.28. The molecule has 0 aromatic carbocycles. The summed E-state index contributed by atoms with van der Waals surface area (Å²) < 4.78 is 4.57. The first-order chi connectivity index (χ1) is 5.44. The number of rotatable bonds is 2. The molecule has 70 valence electrons. The van der Waals surface area contributed by atoms with Crippen LogP contribution in [-0.4, -0.2) is 30.8 Å². The fourth-order valence-electron chi connectivity index (χ4n) is 0.653. The maximum Gasteiger partial charge on any atom is 0.330 e. The molecule has 2 N–H and O–H groups in total. The molecule has 0 aliphatic rings. The Morgan fingerprint density at radius 3 is 2.33 bits per heavy atom. The molecule has 0 radical (unpaired) electrons. The molecule has 0 spiro atoms. The third-order valence-corrected chi connectivity index (χ3v) is 1.65. The van der Waals surface area contributed by atoms with E-state index < -0.39 is 5.54 Å². The molecule has 0 aromatic rings. The average Bonchev–Trinajstić information content (AvgIpc) is 2.02. The summed E-state index contributed by atoms with van der Waals surface area (Å²) in [5, 5.41) is 5.94. The zero-order valence-corrected chi connectivity index (χ0v) is 8.54. The number of carbonyl (C=O) groups is 1. The minimum Gasteiger partial charge on any atom is -0.467 e. The molecule has 0 aliphatic carbocycles. The largest absolute Gasteiger partial charge is 0.467 e. The van der Waals surface area contributed by atoms with Crippen molar-refractivity contribution in [2.75, 3.05) is 14.2 Å². The molecule has 0 bridgehead atoms. The SMILES string of the molecule is CNC(=S)NC(C)(C)C(=O)OC. The highest BCUT2D eigenvalue weighted by atomic mass is 32.1. The number of hydrogen-bond acceptors (Lipinski definition) is 3. The van der Waals surface area contributed by atoms with Gasteiger partial charge in [-0.1, -0.05) is 0 Å². The molecule has 4 nitrogen and oxygen atoms in total. The molecule has 5 heteroatoms. The smallest absolute Gasteiger partial charge is 0.330 e. The van der Waals surface area contributed by atoms with Crippen molar-refractivity contribution in [1.29, 1.82) is 0 Å². The summed E-state index contributed by atoms with van der Waals surface area (Å²) in [7, 11) is 3.02. The van der Waals surface area contributed by atoms with E-state index in [0.29, 0.717) is 5.11 Å². The third kappa shape index (κ3) is 3.04. The van der Waals surface area contributed by atoms with Crippen LogP contribution in [0.1, 0.15) is 13.8 Å². The fraction of sp³-hybridized carbons (Fsp3) is 0.714. The Balaban J connectivity index is 4.21. The van der Waals surface area contributed by atoms with Gasteiger partial charge in [0.15, 0.2) is 5.11 Å². The van der Waals surface area contributed by atoms with E-state index in [1.54, 1.807) is 20.9 Å². The van der Waals surface area contributed by atoms with E-state index in [0.717, 1.165) is 0 Å². The van der Waals surface area contributed by atoms with Crippen molar-refractivity contribution >= 4 is 23.3 Å². The average molecular weight is 190 g/mol. The molecular weight excluding hydrogens is 176 g/mol. The van der Waals surface area contributed by atoms with Crippen LogP contribution in [0.25, 0.3) is 0 Å². The Morgan fingerprint density at radius 1 is 1.50 bits per heavy atom. The van der Waals surface area contributed by atoms with Crippen LogP contribution >= 0.6 is 12.2 Å². The predicted molar refractivity (Wildman–Crippen MR) is 50.9 cm³/mol. The van der Waals surface area contributed by atoms with Crippen LogP contribution in [0.2, 0.25) is 0 Å². The first kappa shape index (κ1) is 11.2. The summed E-state index contributed by atoms with van der Waals surface area (Å²) in [5.74, 6) is -0.347. The van der Waals surface area contributed by atoms with Gasteiger partial charge in [-0.2, -0.15) is 0 Å². The Morgan fingerprint density at radius 2 is 2.00 bits per heavy atom. The molecule has 12 heavy (non-hydrogen) atoms. The molecule has 0 rings (SSSR count). The standard InChI is InChI=1S/C7H14N2O2S/c1-7(2,5(10)11-4)9-6(12)8-3/h1-4H3,(H2,8,9,12). The number of nitrogens with one attached hydrogen (secondary N) is 2. The second-order valence-electron chi connectivity index (χ2n) is 2.82. The number of hydrogen-bond donors (Lipinski definition) is 2. The van der Waals surface area contributed by atoms with Gasteiger partial charge in [0, 0.05) is 7.05 Å². The molecule has 0 atom stereocenters. The van der Waals surface area contributed by atoms with E-state index in [1.807, 2.05) is 0 Å². The molecule has 0 saturated carbocycles. The lowest BCUT2D eigenvalue weighted by Gasteiger charge is -2.24. The van der Waals surface area contributed by atoms with Crippen molar-refractivity contribution in [2.45, 2.75) is 19.4 Å². The van der Waals surface area contributed by atoms with Gasteiger partial charge in [0.25, 0.3) is 0 Å². The van der Waals surface area contributed by atoms with Gasteiger partial charge in [0.1, 0.15) is 5.54 Å². The lowest BCUT2D eigenvalue weighted by atomic mass is 10.1. The monoisotopic (exact) mass is 190 g/mol. The first-order valence-corrected chi connectivity index (χ1v) is 3.93. The molecule has 0 aliphatic heterocycles. The summed E-state index contributed by atoms with van der Waals surface area (Å²) >= 11 is 4.84. The Labute approximate surface area is 77.7 Å². The van der Waals surface area contributed by atoms with Crippen LogP contribution in [0.3, 0.4) is 0 Å². The van der Waals surface area contributed by atoms with Gasteiger partial charge < -0.3 is 15.4 Å². The summed E-state index contributed by atoms with van der Waals surface area (Å²) in [5.41, 5.74) is -0.783. The van der Waals surface area contributed by atoms with Crippen molar-refractivity contribution in [1.82, 2.24) is 10.6 Å². The van der Waals surface area contributed by atoms with E-state index in [9.17, 15) is 4.79 Å². The molecule has 0 amide bonds. The van der Waals surface area contributed by atoms with E-state index in [2.05, 4.69) is 15.4 Å². The van der Waals surface area contributed by atoms with Gasteiger partial charge in [-0.25, -0.2) is 4.79 Å². The van der Waals surface area contributed by atoms with Crippen molar-refractivity contribution < 1.29 is 9.53 Å². The van der Waals surface area contributed by atoms with E-state index in [1.165, 1.54) is 7.11 Å². The molecule has 0 unspecified atom stereocenters. The van der Waals surface area contributed by atoms with Gasteiger partial charge in [0.05, 0.1) is 7.11 Å². The molecular formula is C7H14N2O2S. The minimum atomic E-state index is -0.783. The van der Waals surface area contributed by atoms with Crippen LogP contribution < -0.4 is 10.6 Å². The van der Waals surface area contributed by atoms with Crippen molar-refractivity contribution in [3.05, 3.63) is 0 Å². The van der Waals surface area contributed by atoms with Crippen LogP contribution in [-0.2, 0) is 9.53 Å². The highest BCUT2D eigenvalue weighted by Crippen LogP contribution is 2.03. The summed E-state index contributed by atoms with van der Waals surface area (Å²) in [6.07, 6.45) is 0. The fourth-order valence-corrected chi connectivity index (χ4v) is 0.908. The highest BCUT2D eigenvalue weighted by molar-refractivity contribution is 7.80. The molecule has 0 heterocycles. The summed E-state index contributed by atoms with van der Waals surface area (Å²) in [6.45, 7) is 3.39. The first-order valence-electron chi connectivity index (χ1n) is 3.52. The maximum atomic E-state index is 11.1. The van der Waals surface area contributed by atoms with Crippen LogP contribution in [0, 0.1) is 0 Å². The maximum absolute atomic E-state index is 11.1. The van der Waals surface area contributed by atoms with Crippen molar-refractivity contribution in [3.63, 3.8) is 0 Å². The van der Waals surface area contributed by atoms with Crippen LogP contribution in [0.4, 0.5) is 0 Å². The van der Waals surface area contributed by atoms with Gasteiger partial charge >= 0.3 is 5.97 Å². The van der Waals surface area contributed by atoms with Crippen LogP contribution in [0.15, 0.2) is 0 Å². The molecule has 0 fully saturated rings. The zero-order chi connectivity index (χ0) is 9.78. The third-order valence-electron chi connectivity index (χ3n) is 1.35. The van der Waals surface area contributed by atoms with Gasteiger partial charge in [0.2, 0.25) is 0 Å². The van der Waals surface area contributed by atoms with E-state index in [-0.39, 0.29) is 5.97 Å². The minimum absolute atomic E-state index is 0.347. The van der Waals surface area contributed by atoms with Crippen LogP contribution in [0.5, 0.6) is 0 Å². The number of methoxy groups -OCH3 is 1. The van der Waals surface area contributed by atoms with Crippen molar-refractivity contribution in [2.24, 2.45) is 0 Å². The van der Waals surface area contributed by atoms with Gasteiger partial charge in [-0.15, -0.1) is 0 Å². The molecule has 0 aromatic heterocycles. The zero-order valence-electron chi connectivity index (χ0n) is 7.72. The Bertz CT molecular complexity index is 192. The second-order valence-corrected chi connectivity index (χ2v) is 3.23. The van der Waals surface area contributed by atoms with Crippen molar-refractivity contribution in [3.8, 4) is 0 Å². The lowest BCUT2D eigenvalue weighted by molar-refractivity contribution is -0.146. The Hall–Kier alpha value is -0.840. The number of ether oxygens (including phenoxy) is 1.